The van der Waals surface area contributed by atoms with Gasteiger partial charge < -0.3 is 4.74 Å². The number of aryl methyl sites for hydroxylation is 1. The van der Waals surface area contributed by atoms with Gasteiger partial charge in [0, 0.05) is 17.7 Å². The van der Waals surface area contributed by atoms with E-state index in [4.69, 9.17) is 0 Å². The van der Waals surface area contributed by atoms with Crippen LogP contribution in [0.3, 0.4) is 0 Å². The summed E-state index contributed by atoms with van der Waals surface area (Å²) in [4.78, 5) is 0. The standard InChI is InChI=1S/C31H21F7O/c1-2-3-4-19-5-9-21(10-6-19)23-13-12-22(26(32)16-23)11-7-20-8-14-25(27(33)15-20)31(37,38)39-24-17-28(34)30(36)29(35)18-24/h5-6,8-10,12-18H,2-4H2,1H3. The third-order valence-electron chi connectivity index (χ3n) is 5.90. The second-order valence-corrected chi connectivity index (χ2v) is 8.76. The van der Waals surface area contributed by atoms with Gasteiger partial charge in [-0.15, -0.1) is 0 Å². The van der Waals surface area contributed by atoms with Crippen molar-refractivity contribution in [2.45, 2.75) is 32.3 Å². The van der Waals surface area contributed by atoms with E-state index in [9.17, 15) is 30.7 Å². The van der Waals surface area contributed by atoms with Crippen molar-refractivity contribution < 1.29 is 35.5 Å². The molecule has 0 amide bonds. The Labute approximate surface area is 220 Å². The van der Waals surface area contributed by atoms with Crippen LogP contribution < -0.4 is 4.74 Å². The van der Waals surface area contributed by atoms with Gasteiger partial charge in [-0.05, 0) is 59.9 Å². The van der Waals surface area contributed by atoms with Crippen LogP contribution in [0.1, 0.15) is 42.0 Å². The SMILES string of the molecule is CCCCc1ccc(-c2ccc(C#Cc3ccc(C(F)(F)Oc4cc(F)c(F)c(F)c4)c(F)c3)c(F)c2)cc1. The minimum Gasteiger partial charge on any atom is -0.429 e. The van der Waals surface area contributed by atoms with Crippen LogP contribution in [0.2, 0.25) is 0 Å². The first-order valence-corrected chi connectivity index (χ1v) is 12.0. The highest BCUT2D eigenvalue weighted by Crippen LogP contribution is 2.34. The molecule has 0 heterocycles. The van der Waals surface area contributed by atoms with Gasteiger partial charge in [-0.3, -0.25) is 0 Å². The molecule has 0 aromatic heterocycles. The molecule has 0 aliphatic rings. The van der Waals surface area contributed by atoms with Crippen molar-refractivity contribution in [3.05, 3.63) is 124 Å². The number of hydrogen-bond acceptors (Lipinski definition) is 1. The topological polar surface area (TPSA) is 9.23 Å². The van der Waals surface area contributed by atoms with Gasteiger partial charge in [-0.1, -0.05) is 55.5 Å². The van der Waals surface area contributed by atoms with Crippen LogP contribution in [-0.2, 0) is 12.5 Å². The normalized spacial score (nSPS) is 11.2. The molecule has 0 aliphatic heterocycles. The van der Waals surface area contributed by atoms with Crippen LogP contribution in [0.5, 0.6) is 5.75 Å². The quantitative estimate of drug-likeness (QED) is 0.129. The van der Waals surface area contributed by atoms with E-state index in [1.807, 2.05) is 24.3 Å². The van der Waals surface area contributed by atoms with Gasteiger partial charge >= 0.3 is 6.11 Å². The predicted molar refractivity (Wildman–Crippen MR) is 134 cm³/mol. The van der Waals surface area contributed by atoms with E-state index in [1.165, 1.54) is 17.7 Å². The van der Waals surface area contributed by atoms with Crippen LogP contribution in [0.25, 0.3) is 11.1 Å². The van der Waals surface area contributed by atoms with Crippen molar-refractivity contribution in [3.63, 3.8) is 0 Å². The molecule has 0 spiro atoms. The Kier molecular flexibility index (Phi) is 8.29. The molecule has 4 rings (SSSR count). The summed E-state index contributed by atoms with van der Waals surface area (Å²) in [5.41, 5.74) is 1.44. The largest absolute Gasteiger partial charge is 0.429 e. The van der Waals surface area contributed by atoms with Crippen LogP contribution in [0.15, 0.2) is 72.8 Å². The molecule has 0 radical (unpaired) electrons. The molecule has 0 unspecified atom stereocenters. The molecular formula is C31H21F7O. The summed E-state index contributed by atoms with van der Waals surface area (Å²) in [6.07, 6.45) is -1.19. The van der Waals surface area contributed by atoms with Gasteiger partial charge in [-0.25, -0.2) is 22.0 Å². The number of rotatable bonds is 7. The molecule has 0 aliphatic carbocycles. The summed E-state index contributed by atoms with van der Waals surface area (Å²) in [6.45, 7) is 2.12. The van der Waals surface area contributed by atoms with Gasteiger partial charge in [0.25, 0.3) is 0 Å². The van der Waals surface area contributed by atoms with E-state index in [0.717, 1.165) is 30.9 Å². The molecule has 0 atom stereocenters. The van der Waals surface area contributed by atoms with Gasteiger partial charge in [0.2, 0.25) is 0 Å². The average Bonchev–Trinajstić information content (AvgIpc) is 2.89. The number of ether oxygens (including phenoxy) is 1. The fraction of sp³-hybridized carbons (Fsp3) is 0.161. The van der Waals surface area contributed by atoms with E-state index in [-0.39, 0.29) is 23.3 Å². The molecule has 0 N–H and O–H groups in total. The molecule has 4 aromatic rings. The van der Waals surface area contributed by atoms with E-state index in [1.54, 1.807) is 6.07 Å². The Balaban J connectivity index is 1.50. The van der Waals surface area contributed by atoms with Gasteiger partial charge in [0.15, 0.2) is 17.5 Å². The Morgan fingerprint density at radius 3 is 1.97 bits per heavy atom. The molecule has 39 heavy (non-hydrogen) atoms. The Morgan fingerprint density at radius 2 is 1.36 bits per heavy atom. The van der Waals surface area contributed by atoms with Crippen molar-refractivity contribution in [2.75, 3.05) is 0 Å². The third-order valence-corrected chi connectivity index (χ3v) is 5.90. The molecule has 200 valence electrons. The Bertz CT molecular complexity index is 1530. The van der Waals surface area contributed by atoms with E-state index >= 15 is 0 Å². The first kappa shape index (κ1) is 27.8. The van der Waals surface area contributed by atoms with Crippen molar-refractivity contribution in [2.24, 2.45) is 0 Å². The molecule has 8 heteroatoms. The van der Waals surface area contributed by atoms with E-state index < -0.39 is 46.5 Å². The second-order valence-electron chi connectivity index (χ2n) is 8.76. The molecule has 1 nitrogen and oxygen atoms in total. The van der Waals surface area contributed by atoms with Crippen LogP contribution in [-0.4, -0.2) is 0 Å². The smallest absolute Gasteiger partial charge is 0.429 e. The highest BCUT2D eigenvalue weighted by atomic mass is 19.3. The molecule has 0 bridgehead atoms. The highest BCUT2D eigenvalue weighted by Gasteiger charge is 2.38. The molecule has 0 fully saturated rings. The summed E-state index contributed by atoms with van der Waals surface area (Å²) in [5, 5.41) is 0. The summed E-state index contributed by atoms with van der Waals surface area (Å²) < 4.78 is 102. The predicted octanol–water partition coefficient (Wildman–Crippen LogP) is 8.92. The van der Waals surface area contributed by atoms with Crippen LogP contribution >= 0.6 is 0 Å². The van der Waals surface area contributed by atoms with Crippen molar-refractivity contribution in [1.82, 2.24) is 0 Å². The summed E-state index contributed by atoms with van der Waals surface area (Å²) in [7, 11) is 0. The Hall–Kier alpha value is -4.25. The van der Waals surface area contributed by atoms with E-state index in [0.29, 0.717) is 17.7 Å². The number of unbranched alkanes of at least 4 members (excludes halogenated alkanes) is 1. The lowest BCUT2D eigenvalue weighted by Gasteiger charge is -2.19. The minimum absolute atomic E-state index is 0.0248. The average molecular weight is 542 g/mol. The van der Waals surface area contributed by atoms with Crippen molar-refractivity contribution in [1.29, 1.82) is 0 Å². The maximum absolute atomic E-state index is 14.7. The molecular weight excluding hydrogens is 521 g/mol. The number of hydrogen-bond donors (Lipinski definition) is 0. The lowest BCUT2D eigenvalue weighted by atomic mass is 10.0. The monoisotopic (exact) mass is 542 g/mol. The van der Waals surface area contributed by atoms with Gasteiger partial charge in [0.1, 0.15) is 22.9 Å². The number of halogens is 7. The molecule has 4 aromatic carbocycles. The summed E-state index contributed by atoms with van der Waals surface area (Å²) >= 11 is 0. The maximum Gasteiger partial charge on any atom is 0.429 e. The Morgan fingerprint density at radius 1 is 0.692 bits per heavy atom. The van der Waals surface area contributed by atoms with Gasteiger partial charge in [0.05, 0.1) is 5.56 Å². The fourth-order valence-corrected chi connectivity index (χ4v) is 3.80. The van der Waals surface area contributed by atoms with Crippen molar-refractivity contribution >= 4 is 0 Å². The maximum atomic E-state index is 14.7. The third kappa shape index (κ3) is 6.61. The zero-order valence-corrected chi connectivity index (χ0v) is 20.6. The minimum atomic E-state index is -4.34. The second kappa shape index (κ2) is 11.6. The lowest BCUT2D eigenvalue weighted by molar-refractivity contribution is -0.187. The highest BCUT2D eigenvalue weighted by molar-refractivity contribution is 5.65. The molecule has 0 saturated carbocycles. The van der Waals surface area contributed by atoms with E-state index in [2.05, 4.69) is 23.5 Å². The fourth-order valence-electron chi connectivity index (χ4n) is 3.80. The summed E-state index contributed by atoms with van der Waals surface area (Å²) in [6, 6.07) is 15.2. The van der Waals surface area contributed by atoms with Crippen molar-refractivity contribution in [3.8, 4) is 28.7 Å². The zero-order valence-electron chi connectivity index (χ0n) is 20.6. The summed E-state index contributed by atoms with van der Waals surface area (Å²) in [5.74, 6) is -3.33. The first-order valence-electron chi connectivity index (χ1n) is 12.0. The zero-order chi connectivity index (χ0) is 28.2. The number of alkyl halides is 2. The van der Waals surface area contributed by atoms with Crippen LogP contribution in [0.4, 0.5) is 30.7 Å². The van der Waals surface area contributed by atoms with Crippen LogP contribution in [0, 0.1) is 40.9 Å². The first-order chi connectivity index (χ1) is 18.6. The molecule has 0 saturated heterocycles. The van der Waals surface area contributed by atoms with Gasteiger partial charge in [-0.2, -0.15) is 8.78 Å². The number of benzene rings is 4. The lowest BCUT2D eigenvalue weighted by Crippen LogP contribution is -2.23.